The number of aliphatic hydroxyl groups is 1. The van der Waals surface area contributed by atoms with Crippen LogP contribution in [0.2, 0.25) is 0 Å². The van der Waals surface area contributed by atoms with E-state index in [1.54, 1.807) is 6.07 Å². The van der Waals surface area contributed by atoms with Crippen LogP contribution in [0.1, 0.15) is 54.5 Å². The highest BCUT2D eigenvalue weighted by molar-refractivity contribution is 5.98. The summed E-state index contributed by atoms with van der Waals surface area (Å²) in [5.41, 5.74) is 6.78. The molecule has 1 unspecified atom stereocenters. The van der Waals surface area contributed by atoms with Crippen LogP contribution in [0.4, 0.5) is 10.1 Å². The molecule has 0 spiro atoms. The van der Waals surface area contributed by atoms with Crippen LogP contribution < -0.4 is 5.32 Å². The highest BCUT2D eigenvalue weighted by atomic mass is 19.1. The van der Waals surface area contributed by atoms with Crippen LogP contribution in [0, 0.1) is 31.5 Å². The first kappa shape index (κ1) is 22.3. The van der Waals surface area contributed by atoms with E-state index in [1.165, 1.54) is 0 Å². The average Bonchev–Trinajstić information content (AvgIpc) is 3.17. The molecule has 3 nitrogen and oxygen atoms in total. The van der Waals surface area contributed by atoms with Gasteiger partial charge in [-0.15, -0.1) is 0 Å². The molecule has 1 aliphatic heterocycles. The topological polar surface area (TPSA) is 48.0 Å². The lowest BCUT2D eigenvalue weighted by molar-refractivity contribution is 0.0868. The second-order valence-corrected chi connectivity index (χ2v) is 9.97. The predicted octanol–water partition coefficient (Wildman–Crippen LogP) is 6.66. The molecule has 5 rings (SSSR count). The Kier molecular flexibility index (Phi) is 5.26. The Morgan fingerprint density at radius 1 is 1.03 bits per heavy atom. The first-order chi connectivity index (χ1) is 16.2. The first-order valence-corrected chi connectivity index (χ1v) is 11.7. The number of aliphatic hydroxyl groups excluding tert-OH is 1. The number of halogens is 1. The van der Waals surface area contributed by atoms with Crippen molar-refractivity contribution in [2.75, 3.05) is 5.32 Å². The van der Waals surface area contributed by atoms with Gasteiger partial charge in [0.15, 0.2) is 0 Å². The van der Waals surface area contributed by atoms with Crippen molar-refractivity contribution in [2.45, 2.75) is 52.2 Å². The molecule has 34 heavy (non-hydrogen) atoms. The number of para-hydroxylation sites is 1. The van der Waals surface area contributed by atoms with Crippen LogP contribution in [0.15, 0.2) is 54.7 Å². The van der Waals surface area contributed by atoms with Crippen molar-refractivity contribution in [2.24, 2.45) is 0 Å². The number of benzene rings is 3. The molecule has 1 aliphatic rings. The number of fused-ring (bicyclic) bond motifs is 2. The predicted molar refractivity (Wildman–Crippen MR) is 138 cm³/mol. The number of rotatable bonds is 1. The number of aryl methyl sites for hydroxylation is 2. The molecule has 1 aromatic heterocycles. The fourth-order valence-corrected chi connectivity index (χ4v) is 5.20. The van der Waals surface area contributed by atoms with Crippen LogP contribution in [0.25, 0.3) is 22.0 Å². The third-order valence-electron chi connectivity index (χ3n) is 6.99. The number of aromatic amines is 1. The average molecular weight is 453 g/mol. The lowest BCUT2D eigenvalue weighted by atomic mass is 9.75. The number of nitrogens with one attached hydrogen (secondary N) is 2. The number of aromatic nitrogens is 1. The summed E-state index contributed by atoms with van der Waals surface area (Å²) in [4.78, 5) is 3.32. The van der Waals surface area contributed by atoms with Gasteiger partial charge in [-0.3, -0.25) is 0 Å². The van der Waals surface area contributed by atoms with Gasteiger partial charge in [0.1, 0.15) is 5.82 Å². The van der Waals surface area contributed by atoms with Crippen molar-refractivity contribution >= 4 is 16.6 Å². The van der Waals surface area contributed by atoms with E-state index in [1.807, 2.05) is 83.3 Å². The zero-order valence-electron chi connectivity index (χ0n) is 20.2. The third-order valence-corrected chi connectivity index (χ3v) is 6.99. The van der Waals surface area contributed by atoms with Crippen LogP contribution in [0.5, 0.6) is 0 Å². The number of H-pyrrole nitrogens is 1. The van der Waals surface area contributed by atoms with E-state index in [0.29, 0.717) is 16.8 Å². The van der Waals surface area contributed by atoms with Gasteiger partial charge in [-0.2, -0.15) is 0 Å². The van der Waals surface area contributed by atoms with Gasteiger partial charge >= 0.3 is 0 Å². The zero-order chi connectivity index (χ0) is 24.2. The Bertz CT molecular complexity index is 1490. The minimum Gasteiger partial charge on any atom is -0.390 e. The number of hydrogen-bond acceptors (Lipinski definition) is 2. The molecule has 2 atom stereocenters. The Balaban J connectivity index is 1.84. The van der Waals surface area contributed by atoms with E-state index >= 15 is 4.39 Å². The monoisotopic (exact) mass is 452 g/mol. The van der Waals surface area contributed by atoms with Gasteiger partial charge < -0.3 is 15.4 Å². The van der Waals surface area contributed by atoms with Crippen LogP contribution in [-0.2, 0) is 0 Å². The lowest BCUT2D eigenvalue weighted by Gasteiger charge is -2.43. The Morgan fingerprint density at radius 2 is 1.79 bits per heavy atom. The smallest absolute Gasteiger partial charge is 0.134 e. The van der Waals surface area contributed by atoms with E-state index in [2.05, 4.69) is 22.1 Å². The second-order valence-electron chi connectivity index (χ2n) is 9.97. The maximum Gasteiger partial charge on any atom is 0.134 e. The highest BCUT2D eigenvalue weighted by Crippen LogP contribution is 2.45. The summed E-state index contributed by atoms with van der Waals surface area (Å²) in [6.07, 6.45) is 1.29. The molecule has 0 amide bonds. The van der Waals surface area contributed by atoms with Gasteiger partial charge in [0, 0.05) is 45.4 Å². The molecular formula is C30H29FN2O. The maximum absolute atomic E-state index is 15.9. The summed E-state index contributed by atoms with van der Waals surface area (Å²) in [6, 6.07) is 15.5. The minimum absolute atomic E-state index is 0.225. The number of hydrogen-bond donors (Lipinski definition) is 3. The summed E-state index contributed by atoms with van der Waals surface area (Å²) in [5, 5.41) is 15.5. The van der Waals surface area contributed by atoms with Crippen molar-refractivity contribution in [1.82, 2.24) is 4.98 Å². The largest absolute Gasteiger partial charge is 0.390 e. The van der Waals surface area contributed by atoms with Crippen molar-refractivity contribution in [3.63, 3.8) is 0 Å². The third kappa shape index (κ3) is 3.57. The Morgan fingerprint density at radius 3 is 2.56 bits per heavy atom. The maximum atomic E-state index is 15.9. The second kappa shape index (κ2) is 8.04. The summed E-state index contributed by atoms with van der Waals surface area (Å²) in [5.74, 6) is 6.02. The van der Waals surface area contributed by atoms with Gasteiger partial charge in [0.2, 0.25) is 0 Å². The van der Waals surface area contributed by atoms with Crippen LogP contribution in [0.3, 0.4) is 0 Å². The molecule has 3 N–H and O–H groups in total. The molecule has 0 saturated heterocycles. The molecule has 0 bridgehead atoms. The molecule has 172 valence electrons. The quantitative estimate of drug-likeness (QED) is 0.283. The summed E-state index contributed by atoms with van der Waals surface area (Å²) < 4.78 is 15.9. The van der Waals surface area contributed by atoms with Crippen molar-refractivity contribution in [1.29, 1.82) is 0 Å². The fraction of sp³-hybridized carbons (Fsp3) is 0.267. The van der Waals surface area contributed by atoms with E-state index < -0.39 is 11.6 Å². The molecule has 4 heteroatoms. The standard InChI is InChI=1S/C30H29FN2O/c1-17-8-6-9-20(14-17)12-13-22-26-19(3)29(34)30(4,5)33-25(26)15-24(31)27(22)23-11-7-10-21-18(2)16-32-28(21)23/h6-11,14-16,19,29,32-34H,1-5H3/t19-,29?/m0/s1. The van der Waals surface area contributed by atoms with E-state index in [4.69, 9.17) is 0 Å². The summed E-state index contributed by atoms with van der Waals surface area (Å²) in [6.45, 7) is 9.92. The van der Waals surface area contributed by atoms with Gasteiger partial charge in [-0.1, -0.05) is 49.1 Å². The van der Waals surface area contributed by atoms with E-state index in [9.17, 15) is 5.11 Å². The molecule has 4 aromatic rings. The van der Waals surface area contributed by atoms with E-state index in [-0.39, 0.29) is 11.7 Å². The molecule has 2 heterocycles. The van der Waals surface area contributed by atoms with Crippen molar-refractivity contribution in [3.8, 4) is 23.0 Å². The van der Waals surface area contributed by atoms with Crippen LogP contribution in [-0.4, -0.2) is 21.7 Å². The SMILES string of the molecule is Cc1cccc(C#Cc2c(-c3cccc4c(C)c[nH]c34)c(F)cc3c2[C@H](C)C(O)C(C)(C)N3)c1. The van der Waals surface area contributed by atoms with Gasteiger partial charge in [-0.25, -0.2) is 4.39 Å². The minimum atomic E-state index is -0.652. The van der Waals surface area contributed by atoms with Crippen molar-refractivity contribution < 1.29 is 9.50 Å². The molecule has 3 aromatic carbocycles. The van der Waals surface area contributed by atoms with Gasteiger partial charge in [0.05, 0.1) is 17.2 Å². The first-order valence-electron chi connectivity index (χ1n) is 11.7. The van der Waals surface area contributed by atoms with Crippen molar-refractivity contribution in [3.05, 3.63) is 88.4 Å². The molecule has 0 fully saturated rings. The van der Waals surface area contributed by atoms with Crippen LogP contribution >= 0.6 is 0 Å². The van der Waals surface area contributed by atoms with Gasteiger partial charge in [-0.05, 0) is 62.6 Å². The number of anilines is 1. The molecular weight excluding hydrogens is 423 g/mol. The Hall–Kier alpha value is -3.55. The summed E-state index contributed by atoms with van der Waals surface area (Å²) in [7, 11) is 0. The van der Waals surface area contributed by atoms with Gasteiger partial charge in [0.25, 0.3) is 0 Å². The van der Waals surface area contributed by atoms with E-state index in [0.717, 1.165) is 38.7 Å². The Labute approximate surface area is 200 Å². The highest BCUT2D eigenvalue weighted by Gasteiger charge is 2.40. The molecule has 0 saturated carbocycles. The lowest BCUT2D eigenvalue weighted by Crippen LogP contribution is -2.50. The molecule has 0 aliphatic carbocycles. The normalized spacial score (nSPS) is 18.7. The summed E-state index contributed by atoms with van der Waals surface area (Å²) >= 11 is 0. The zero-order valence-corrected chi connectivity index (χ0v) is 20.2. The molecule has 0 radical (unpaired) electrons. The fourth-order valence-electron chi connectivity index (χ4n) is 5.20.